The van der Waals surface area contributed by atoms with Gasteiger partial charge in [0.25, 0.3) is 0 Å². The van der Waals surface area contributed by atoms with Crippen LogP contribution in [0, 0.1) is 13.8 Å². The van der Waals surface area contributed by atoms with E-state index in [2.05, 4.69) is 9.88 Å². The summed E-state index contributed by atoms with van der Waals surface area (Å²) in [6.07, 6.45) is 5.43. The van der Waals surface area contributed by atoms with E-state index in [1.165, 1.54) is 12.8 Å². The molecule has 0 N–H and O–H groups in total. The van der Waals surface area contributed by atoms with Gasteiger partial charge in [-0.15, -0.1) is 0 Å². The minimum atomic E-state index is -0.455. The van der Waals surface area contributed by atoms with Crippen molar-refractivity contribution >= 4 is 6.09 Å². The van der Waals surface area contributed by atoms with Gasteiger partial charge in [0, 0.05) is 12.6 Å². The van der Waals surface area contributed by atoms with E-state index in [9.17, 15) is 4.79 Å². The van der Waals surface area contributed by atoms with Crippen LogP contribution in [0.3, 0.4) is 0 Å². The largest absolute Gasteiger partial charge is 0.444 e. The van der Waals surface area contributed by atoms with E-state index in [1.807, 2.05) is 39.5 Å². The topological polar surface area (TPSA) is 58.8 Å². The average molecular weight is 364 g/mol. The van der Waals surface area contributed by atoms with Crippen molar-refractivity contribution in [2.75, 3.05) is 13.1 Å². The van der Waals surface area contributed by atoms with Crippen LogP contribution >= 0.6 is 0 Å². The van der Waals surface area contributed by atoms with Gasteiger partial charge >= 0.3 is 6.09 Å². The summed E-state index contributed by atoms with van der Waals surface area (Å²) in [6.45, 7) is 12.3. The highest BCUT2D eigenvalue weighted by Gasteiger charge is 2.40. The predicted octanol–water partition coefficient (Wildman–Crippen LogP) is 4.05. The lowest BCUT2D eigenvalue weighted by molar-refractivity contribution is 0.00536. The number of ether oxygens (including phenoxy) is 1. The normalized spacial score (nSPS) is 24.9. The molecular formula is C20H33N3O3. The SMILES string of the molecule is Cc1nc(CN2CCCC[C@H]2[C@H]2CCCN2C(=O)OC(C)(C)C)oc1C. The van der Waals surface area contributed by atoms with Crippen molar-refractivity contribution in [1.82, 2.24) is 14.8 Å². The number of aryl methyl sites for hydroxylation is 2. The van der Waals surface area contributed by atoms with Gasteiger partial charge in [-0.05, 0) is 66.8 Å². The number of likely N-dealkylation sites (tertiary alicyclic amines) is 2. The Hall–Kier alpha value is -1.56. The van der Waals surface area contributed by atoms with Crippen LogP contribution in [0.15, 0.2) is 4.42 Å². The van der Waals surface area contributed by atoms with Crippen LogP contribution in [0.1, 0.15) is 70.2 Å². The molecule has 1 aromatic heterocycles. The van der Waals surface area contributed by atoms with E-state index >= 15 is 0 Å². The second-order valence-electron chi connectivity index (χ2n) is 8.67. The van der Waals surface area contributed by atoms with Crippen molar-refractivity contribution in [3.63, 3.8) is 0 Å². The molecule has 2 aliphatic heterocycles. The van der Waals surface area contributed by atoms with Crippen LogP contribution in [0.25, 0.3) is 0 Å². The number of oxazole rings is 1. The molecule has 2 fully saturated rings. The molecule has 6 nitrogen and oxygen atoms in total. The second-order valence-corrected chi connectivity index (χ2v) is 8.67. The van der Waals surface area contributed by atoms with Crippen LogP contribution in [0.2, 0.25) is 0 Å². The minimum Gasteiger partial charge on any atom is -0.444 e. The summed E-state index contributed by atoms with van der Waals surface area (Å²) in [7, 11) is 0. The first-order valence-electron chi connectivity index (χ1n) is 9.91. The lowest BCUT2D eigenvalue weighted by Gasteiger charge is -2.41. The highest BCUT2D eigenvalue weighted by Crippen LogP contribution is 2.31. The maximum atomic E-state index is 12.7. The maximum absolute atomic E-state index is 12.7. The Bertz CT molecular complexity index is 615. The van der Waals surface area contributed by atoms with Crippen LogP contribution in [0.4, 0.5) is 4.79 Å². The summed E-state index contributed by atoms with van der Waals surface area (Å²) in [4.78, 5) is 21.7. The molecule has 6 heteroatoms. The van der Waals surface area contributed by atoms with Gasteiger partial charge in [-0.3, -0.25) is 4.90 Å². The van der Waals surface area contributed by atoms with Gasteiger partial charge < -0.3 is 14.1 Å². The molecule has 1 aromatic rings. The van der Waals surface area contributed by atoms with Crippen molar-refractivity contribution < 1.29 is 13.9 Å². The third-order valence-electron chi connectivity index (χ3n) is 5.45. The van der Waals surface area contributed by atoms with Gasteiger partial charge in [-0.1, -0.05) is 6.42 Å². The van der Waals surface area contributed by atoms with Gasteiger partial charge in [0.05, 0.1) is 18.3 Å². The molecule has 0 aromatic carbocycles. The highest BCUT2D eigenvalue weighted by molar-refractivity contribution is 5.69. The standard InChI is InChI=1S/C20H33N3O3/c1-14-15(2)25-18(21-14)13-22-11-7-6-9-16(22)17-10-8-12-23(17)19(24)26-20(3,4)5/h16-17H,6-13H2,1-5H3/t16-,17+/m0/s1. The number of carbonyl (C=O) groups excluding carboxylic acids is 1. The number of aromatic nitrogens is 1. The van der Waals surface area contributed by atoms with Crippen molar-refractivity contribution in [3.8, 4) is 0 Å². The number of amides is 1. The first kappa shape index (κ1) is 19.2. The lowest BCUT2D eigenvalue weighted by Crippen LogP contribution is -2.53. The highest BCUT2D eigenvalue weighted by atomic mass is 16.6. The molecule has 2 saturated heterocycles. The Kier molecular flexibility index (Phi) is 5.61. The average Bonchev–Trinajstić information content (AvgIpc) is 3.14. The molecule has 0 spiro atoms. The third-order valence-corrected chi connectivity index (χ3v) is 5.45. The van der Waals surface area contributed by atoms with Gasteiger partial charge in [0.2, 0.25) is 5.89 Å². The summed E-state index contributed by atoms with van der Waals surface area (Å²) in [5, 5.41) is 0. The predicted molar refractivity (Wildman–Crippen MR) is 100.0 cm³/mol. The first-order valence-corrected chi connectivity index (χ1v) is 9.91. The number of rotatable bonds is 3. The number of carbonyl (C=O) groups is 1. The van der Waals surface area contributed by atoms with Gasteiger partial charge in [-0.25, -0.2) is 9.78 Å². The summed E-state index contributed by atoms with van der Waals surface area (Å²) in [6, 6.07) is 0.577. The number of piperidine rings is 1. The molecule has 0 radical (unpaired) electrons. The van der Waals surface area contributed by atoms with E-state index in [-0.39, 0.29) is 12.1 Å². The van der Waals surface area contributed by atoms with E-state index in [4.69, 9.17) is 9.15 Å². The lowest BCUT2D eigenvalue weighted by atomic mass is 9.94. The van der Waals surface area contributed by atoms with Crippen LogP contribution in [-0.4, -0.2) is 51.7 Å². The number of nitrogens with zero attached hydrogens (tertiary/aromatic N) is 3. The summed E-state index contributed by atoms with van der Waals surface area (Å²) < 4.78 is 11.5. The van der Waals surface area contributed by atoms with Gasteiger partial charge in [0.15, 0.2) is 0 Å². The number of hydrogen-bond acceptors (Lipinski definition) is 5. The zero-order valence-corrected chi connectivity index (χ0v) is 16.9. The molecule has 2 atom stereocenters. The molecular weight excluding hydrogens is 330 g/mol. The Morgan fingerprint density at radius 1 is 1.15 bits per heavy atom. The van der Waals surface area contributed by atoms with Gasteiger partial charge in [-0.2, -0.15) is 0 Å². The van der Waals surface area contributed by atoms with Crippen LogP contribution < -0.4 is 0 Å². The fraction of sp³-hybridized carbons (Fsp3) is 0.800. The molecule has 146 valence electrons. The maximum Gasteiger partial charge on any atom is 0.410 e. The first-order chi connectivity index (χ1) is 12.2. The molecule has 0 saturated carbocycles. The Morgan fingerprint density at radius 2 is 1.88 bits per heavy atom. The third kappa shape index (κ3) is 4.40. The van der Waals surface area contributed by atoms with Crippen LogP contribution in [-0.2, 0) is 11.3 Å². The van der Waals surface area contributed by atoms with E-state index in [1.54, 1.807) is 0 Å². The zero-order chi connectivity index (χ0) is 18.9. The Balaban J connectivity index is 1.72. The summed E-state index contributed by atoms with van der Waals surface area (Å²) >= 11 is 0. The van der Waals surface area contributed by atoms with E-state index < -0.39 is 5.60 Å². The Morgan fingerprint density at radius 3 is 2.54 bits per heavy atom. The molecule has 1 amide bonds. The molecule has 26 heavy (non-hydrogen) atoms. The molecule has 2 aliphatic rings. The fourth-order valence-electron chi connectivity index (χ4n) is 4.17. The molecule has 0 aliphatic carbocycles. The molecule has 0 bridgehead atoms. The zero-order valence-electron chi connectivity index (χ0n) is 16.9. The summed E-state index contributed by atoms with van der Waals surface area (Å²) in [5.41, 5.74) is 0.508. The second kappa shape index (κ2) is 7.59. The van der Waals surface area contributed by atoms with Crippen LogP contribution in [0.5, 0.6) is 0 Å². The fourth-order valence-corrected chi connectivity index (χ4v) is 4.17. The molecule has 0 unspecified atom stereocenters. The molecule has 3 rings (SSSR count). The Labute approximate surface area is 156 Å². The summed E-state index contributed by atoms with van der Waals surface area (Å²) in [5.74, 6) is 1.68. The van der Waals surface area contributed by atoms with Crippen molar-refractivity contribution in [3.05, 3.63) is 17.3 Å². The minimum absolute atomic E-state index is 0.173. The number of hydrogen-bond donors (Lipinski definition) is 0. The quantitative estimate of drug-likeness (QED) is 0.811. The van der Waals surface area contributed by atoms with E-state index in [0.29, 0.717) is 6.04 Å². The van der Waals surface area contributed by atoms with Crippen molar-refractivity contribution in [2.45, 2.75) is 91.0 Å². The smallest absolute Gasteiger partial charge is 0.410 e. The molecule has 3 heterocycles. The van der Waals surface area contributed by atoms with Crippen molar-refractivity contribution in [2.24, 2.45) is 0 Å². The van der Waals surface area contributed by atoms with Gasteiger partial charge in [0.1, 0.15) is 11.4 Å². The monoisotopic (exact) mass is 363 g/mol. The van der Waals surface area contributed by atoms with E-state index in [0.717, 1.165) is 56.2 Å². The van der Waals surface area contributed by atoms with Crippen molar-refractivity contribution in [1.29, 1.82) is 0 Å².